The average molecular weight is 977 g/mol. The van der Waals surface area contributed by atoms with Gasteiger partial charge in [0.25, 0.3) is 0 Å². The molecule has 2 aromatic rings. The second-order valence-corrected chi connectivity index (χ2v) is 19.2. The van der Waals surface area contributed by atoms with E-state index in [0.29, 0.717) is 55.0 Å². The number of hydrogen-bond donors (Lipinski definition) is 11. The Hall–Kier alpha value is -5.45. The zero-order chi connectivity index (χ0) is 48.3. The molecule has 2 saturated heterocycles. The number of rotatable bonds is 15. The molecule has 0 radical (unpaired) electrons. The number of nitrogens with zero attached hydrogens (tertiary/aromatic N) is 1. The third-order valence-electron chi connectivity index (χ3n) is 11.0. The van der Waals surface area contributed by atoms with Crippen LogP contribution in [0.25, 0.3) is 0 Å². The number of thioether (sulfide) groups is 1. The van der Waals surface area contributed by atoms with Gasteiger partial charge in [-0.05, 0) is 72.9 Å². The van der Waals surface area contributed by atoms with E-state index in [1.54, 1.807) is 50.2 Å². The number of aliphatic hydroxyl groups excluding tert-OH is 1. The highest BCUT2D eigenvalue weighted by Crippen LogP contribution is 2.21. The van der Waals surface area contributed by atoms with Gasteiger partial charge in [-0.25, -0.2) is 0 Å². The summed E-state index contributed by atoms with van der Waals surface area (Å²) in [6.45, 7) is 3.46. The summed E-state index contributed by atoms with van der Waals surface area (Å²) in [5, 5.41) is 38.6. The lowest BCUT2D eigenvalue weighted by Crippen LogP contribution is -2.61. The lowest BCUT2D eigenvalue weighted by Gasteiger charge is -2.31. The minimum Gasteiger partial charge on any atom is -0.394 e. The third-order valence-corrected chi connectivity index (χ3v) is 13.2. The molecule has 2 aliphatic heterocycles. The van der Waals surface area contributed by atoms with E-state index >= 15 is 0 Å². The highest BCUT2D eigenvalue weighted by molar-refractivity contribution is 7.99. The zero-order valence-corrected chi connectivity index (χ0v) is 39.5. The molecule has 0 saturated carbocycles. The van der Waals surface area contributed by atoms with Gasteiger partial charge in [0.1, 0.15) is 36.3 Å². The summed E-state index contributed by atoms with van der Waals surface area (Å²) in [5.74, 6) is -6.13. The van der Waals surface area contributed by atoms with Gasteiger partial charge in [-0.2, -0.15) is 11.8 Å². The Bertz CT molecular complexity index is 2010. The van der Waals surface area contributed by atoms with E-state index < -0.39 is 102 Å². The second kappa shape index (κ2) is 26.6. The number of halogens is 1. The summed E-state index contributed by atoms with van der Waals surface area (Å²) >= 11 is 8.71. The number of hydrogen-bond acceptors (Lipinski definition) is 12. The lowest BCUT2D eigenvalue weighted by atomic mass is 10.0. The average Bonchev–Trinajstić information content (AvgIpc) is 3.98. The standard InChI is InChI=1S/C43H62ClN11O9S2/c1-24(2)36-41(63)52-31(21-34(45)57)38(60)53-32(42(64)55-16-4-9-33(55)40(62)49-27(22-56)7-3-15-48-43(46)47)23-65-17-6-10-35(58)50-29(19-25-11-13-26(44)14-12-25)37(59)51-30(39(61)54-36)20-28-8-5-18-66-28/h5,8,11-14,18,24,27,29-33,36,56H,3-4,6-7,9-10,15-17,19-23H2,1-2H3,(H2,45,57)(H,49,62)(H,50,58)(H,51,59)(H,52,63)(H,53,60)(H,54,61)(H4,46,47,48)/t27-,29+,30+,31+,32+,33+,36+/m1/s1. The van der Waals surface area contributed by atoms with E-state index in [1.165, 1.54) is 28.0 Å². The minimum absolute atomic E-state index is 0.0184. The molecule has 0 spiro atoms. The first kappa shape index (κ1) is 53.2. The van der Waals surface area contributed by atoms with Crippen molar-refractivity contribution < 1.29 is 43.5 Å². The summed E-state index contributed by atoms with van der Waals surface area (Å²) < 4.78 is 0. The van der Waals surface area contributed by atoms with Crippen LogP contribution in [0.3, 0.4) is 0 Å². The largest absolute Gasteiger partial charge is 0.394 e. The first-order chi connectivity index (χ1) is 31.4. The molecule has 23 heteroatoms. The molecule has 3 heterocycles. The van der Waals surface area contributed by atoms with Crippen molar-refractivity contribution in [3.05, 3.63) is 57.2 Å². The van der Waals surface area contributed by atoms with Crippen LogP contribution in [0.15, 0.2) is 41.8 Å². The summed E-state index contributed by atoms with van der Waals surface area (Å²) in [5.41, 5.74) is 11.6. The van der Waals surface area contributed by atoms with Gasteiger partial charge >= 0.3 is 0 Å². The molecule has 362 valence electrons. The molecule has 4 rings (SSSR count). The van der Waals surface area contributed by atoms with Crippen LogP contribution in [0.1, 0.15) is 69.2 Å². The van der Waals surface area contributed by atoms with Gasteiger partial charge < -0.3 is 58.7 Å². The number of guanidine groups is 1. The molecule has 13 N–H and O–H groups in total. The van der Waals surface area contributed by atoms with Gasteiger partial charge in [-0.15, -0.1) is 11.3 Å². The number of thiophene rings is 1. The molecule has 8 amide bonds. The molecule has 20 nitrogen and oxygen atoms in total. The lowest BCUT2D eigenvalue weighted by molar-refractivity contribution is -0.142. The van der Waals surface area contributed by atoms with Crippen LogP contribution in [-0.2, 0) is 51.2 Å². The number of amides is 8. The number of nitrogens with one attached hydrogen (secondary N) is 8. The molecule has 0 aliphatic carbocycles. The summed E-state index contributed by atoms with van der Waals surface area (Å²) in [6, 6.07) is 2.27. The molecular formula is C43H62ClN11O9S2. The topological polar surface area (TPSA) is 320 Å². The Labute approximate surface area is 397 Å². The minimum atomic E-state index is -1.58. The Balaban J connectivity index is 1.63. The first-order valence-electron chi connectivity index (χ1n) is 21.9. The molecule has 1 aromatic carbocycles. The quantitative estimate of drug-likeness (QED) is 0.0606. The maximum absolute atomic E-state index is 14.4. The monoisotopic (exact) mass is 975 g/mol. The Kier molecular flexibility index (Phi) is 21.5. The maximum atomic E-state index is 14.4. The summed E-state index contributed by atoms with van der Waals surface area (Å²) in [6.07, 6.45) is 1.33. The summed E-state index contributed by atoms with van der Waals surface area (Å²) in [7, 11) is 0. The normalized spacial score (nSPS) is 23.3. The molecular weight excluding hydrogens is 914 g/mol. The number of primary amides is 1. The fourth-order valence-electron chi connectivity index (χ4n) is 7.47. The predicted octanol–water partition coefficient (Wildman–Crippen LogP) is -0.600. The SMILES string of the molecule is CC(C)[C@@H]1NC(=O)[C@H](Cc2cccs2)NC(=O)[C@H](Cc2ccc(Cl)cc2)NC(=O)CCCSC[C@@H](C(=O)N2CCC[C@H]2C(=O)N[C@@H](CO)CCCNC(=N)N)NC(=O)[C@H](CC(N)=O)NC1=O. The van der Waals surface area contributed by atoms with E-state index in [2.05, 4.69) is 37.2 Å². The molecule has 2 fully saturated rings. The van der Waals surface area contributed by atoms with Crippen LogP contribution in [0.4, 0.5) is 0 Å². The summed E-state index contributed by atoms with van der Waals surface area (Å²) in [4.78, 5) is 112. The van der Waals surface area contributed by atoms with Crippen molar-refractivity contribution in [1.82, 2.24) is 42.1 Å². The van der Waals surface area contributed by atoms with Gasteiger partial charge in [0, 0.05) is 48.0 Å². The predicted molar refractivity (Wildman–Crippen MR) is 251 cm³/mol. The number of benzene rings is 1. The van der Waals surface area contributed by atoms with Gasteiger partial charge in [0.15, 0.2) is 5.96 Å². The van der Waals surface area contributed by atoms with Crippen LogP contribution in [0.2, 0.25) is 5.02 Å². The zero-order valence-electron chi connectivity index (χ0n) is 37.1. The van der Waals surface area contributed by atoms with Crippen LogP contribution in [0.5, 0.6) is 0 Å². The smallest absolute Gasteiger partial charge is 0.246 e. The van der Waals surface area contributed by atoms with E-state index in [0.717, 1.165) is 4.88 Å². The van der Waals surface area contributed by atoms with Crippen molar-refractivity contribution >= 4 is 87.9 Å². The van der Waals surface area contributed by atoms with E-state index in [-0.39, 0.29) is 44.1 Å². The highest BCUT2D eigenvalue weighted by Gasteiger charge is 2.40. The van der Waals surface area contributed by atoms with Crippen molar-refractivity contribution in [2.24, 2.45) is 17.4 Å². The van der Waals surface area contributed by atoms with Crippen molar-refractivity contribution in [2.75, 3.05) is 31.2 Å². The molecule has 1 aromatic heterocycles. The Morgan fingerprint density at radius 3 is 2.24 bits per heavy atom. The van der Waals surface area contributed by atoms with Crippen LogP contribution in [0, 0.1) is 11.3 Å². The fourth-order valence-corrected chi connectivity index (χ4v) is 9.32. The number of carbonyl (C=O) groups excluding carboxylic acids is 8. The van der Waals surface area contributed by atoms with Crippen LogP contribution in [-0.4, -0.2) is 137 Å². The van der Waals surface area contributed by atoms with Crippen molar-refractivity contribution in [2.45, 2.75) is 114 Å². The molecule has 7 atom stereocenters. The number of carbonyl (C=O) groups is 8. The van der Waals surface area contributed by atoms with Crippen molar-refractivity contribution in [3.8, 4) is 0 Å². The third kappa shape index (κ3) is 17.1. The van der Waals surface area contributed by atoms with E-state index in [9.17, 15) is 43.5 Å². The van der Waals surface area contributed by atoms with Gasteiger partial charge in [-0.3, -0.25) is 43.8 Å². The first-order valence-corrected chi connectivity index (χ1v) is 24.3. The fraction of sp³-hybridized carbons (Fsp3) is 0.558. The second-order valence-electron chi connectivity index (χ2n) is 16.6. The van der Waals surface area contributed by atoms with Gasteiger partial charge in [0.05, 0.1) is 19.1 Å². The molecule has 0 bridgehead atoms. The number of likely N-dealkylation sites (tertiary alicyclic amines) is 1. The van der Waals surface area contributed by atoms with Crippen molar-refractivity contribution in [1.29, 1.82) is 5.41 Å². The van der Waals surface area contributed by atoms with Crippen molar-refractivity contribution in [3.63, 3.8) is 0 Å². The number of nitrogens with two attached hydrogens (primary N) is 2. The van der Waals surface area contributed by atoms with E-state index in [4.69, 9.17) is 28.5 Å². The molecule has 2 aliphatic rings. The van der Waals surface area contributed by atoms with Crippen LogP contribution < -0.4 is 48.7 Å². The Morgan fingerprint density at radius 1 is 0.909 bits per heavy atom. The molecule has 0 unspecified atom stereocenters. The maximum Gasteiger partial charge on any atom is 0.246 e. The molecule has 66 heavy (non-hydrogen) atoms. The van der Waals surface area contributed by atoms with E-state index in [1.807, 2.05) is 5.38 Å². The highest BCUT2D eigenvalue weighted by atomic mass is 35.5. The van der Waals surface area contributed by atoms with Crippen LogP contribution >= 0.6 is 34.7 Å². The van der Waals surface area contributed by atoms with Gasteiger partial charge in [0.2, 0.25) is 47.3 Å². The number of aliphatic hydroxyl groups is 1. The van der Waals surface area contributed by atoms with Gasteiger partial charge in [-0.1, -0.05) is 43.6 Å². The Morgan fingerprint density at radius 2 is 1.59 bits per heavy atom.